The minimum absolute atomic E-state index is 0.00557. The van der Waals surface area contributed by atoms with E-state index in [1.54, 1.807) is 0 Å². The lowest BCUT2D eigenvalue weighted by Gasteiger charge is -2.31. The van der Waals surface area contributed by atoms with Crippen molar-refractivity contribution in [2.45, 2.75) is 58.0 Å². The number of hydrogen-bond acceptors (Lipinski definition) is 3. The first-order valence-electron chi connectivity index (χ1n) is 6.72. The molecule has 1 saturated heterocycles. The van der Waals surface area contributed by atoms with Crippen LogP contribution >= 0.6 is 0 Å². The fourth-order valence-electron chi connectivity index (χ4n) is 2.48. The van der Waals surface area contributed by atoms with E-state index in [-0.39, 0.29) is 24.5 Å². The summed E-state index contributed by atoms with van der Waals surface area (Å²) in [4.78, 5) is 12.3. The second-order valence-electron chi connectivity index (χ2n) is 5.37. The lowest BCUT2D eigenvalue weighted by molar-refractivity contribution is -0.128. The molecule has 17 heavy (non-hydrogen) atoms. The van der Waals surface area contributed by atoms with Crippen LogP contribution in [0.5, 0.6) is 0 Å². The molecule has 0 bridgehead atoms. The summed E-state index contributed by atoms with van der Waals surface area (Å²) in [5.41, 5.74) is -0.392. The zero-order chi connectivity index (χ0) is 12.9. The molecule has 0 aromatic heterocycles. The molecule has 1 aliphatic heterocycles. The minimum Gasteiger partial charge on any atom is -0.394 e. The Labute approximate surface area is 104 Å². The average Bonchev–Trinajstić information content (AvgIpc) is 2.75. The van der Waals surface area contributed by atoms with Crippen LogP contribution in [0.3, 0.4) is 0 Å². The Kier molecular flexibility index (Phi) is 5.40. The molecule has 0 aliphatic carbocycles. The highest BCUT2D eigenvalue weighted by atomic mass is 16.3. The number of aliphatic hydroxyl groups excluding tert-OH is 1. The van der Waals surface area contributed by atoms with Gasteiger partial charge >= 0.3 is 0 Å². The van der Waals surface area contributed by atoms with E-state index in [0.717, 1.165) is 32.2 Å². The van der Waals surface area contributed by atoms with E-state index >= 15 is 0 Å². The summed E-state index contributed by atoms with van der Waals surface area (Å²) >= 11 is 0. The van der Waals surface area contributed by atoms with E-state index in [9.17, 15) is 9.90 Å². The molecule has 0 radical (unpaired) electrons. The predicted molar refractivity (Wildman–Crippen MR) is 68.7 cm³/mol. The maximum Gasteiger partial charge on any atom is 0.240 e. The largest absolute Gasteiger partial charge is 0.394 e. The normalized spacial score (nSPS) is 26.2. The van der Waals surface area contributed by atoms with Crippen LogP contribution in [0.2, 0.25) is 0 Å². The second kappa shape index (κ2) is 6.36. The maximum absolute atomic E-state index is 12.3. The molecule has 100 valence electrons. The molecule has 1 heterocycles. The van der Waals surface area contributed by atoms with Gasteiger partial charge in [0.1, 0.15) is 0 Å². The minimum atomic E-state index is -0.392. The molecule has 0 aromatic carbocycles. The van der Waals surface area contributed by atoms with E-state index in [4.69, 9.17) is 0 Å². The Bertz CT molecular complexity index is 248. The van der Waals surface area contributed by atoms with Gasteiger partial charge in [0.05, 0.1) is 18.2 Å². The van der Waals surface area contributed by atoms with E-state index in [1.807, 2.05) is 13.8 Å². The van der Waals surface area contributed by atoms with Crippen molar-refractivity contribution in [2.75, 3.05) is 13.2 Å². The van der Waals surface area contributed by atoms with Gasteiger partial charge in [-0.3, -0.25) is 4.79 Å². The van der Waals surface area contributed by atoms with Crippen molar-refractivity contribution in [1.29, 1.82) is 0 Å². The molecule has 1 fully saturated rings. The molecule has 1 amide bonds. The summed E-state index contributed by atoms with van der Waals surface area (Å²) in [6, 6.07) is -0.140. The SMILES string of the molecule is CCCC1(C(=O)N[C@H](CO)C(C)C)CCCN1. The number of carbonyl (C=O) groups excluding carboxylic acids is 1. The highest BCUT2D eigenvalue weighted by Crippen LogP contribution is 2.25. The molecule has 1 aliphatic rings. The molecule has 0 aromatic rings. The molecular formula is C13H26N2O2. The van der Waals surface area contributed by atoms with Crippen LogP contribution in [0.25, 0.3) is 0 Å². The van der Waals surface area contributed by atoms with Crippen molar-refractivity contribution in [3.8, 4) is 0 Å². The van der Waals surface area contributed by atoms with Gasteiger partial charge in [0.2, 0.25) is 5.91 Å². The lowest BCUT2D eigenvalue weighted by Crippen LogP contribution is -2.57. The summed E-state index contributed by atoms with van der Waals surface area (Å²) < 4.78 is 0. The van der Waals surface area contributed by atoms with Crippen molar-refractivity contribution in [1.82, 2.24) is 10.6 Å². The molecule has 4 heteroatoms. The number of nitrogens with one attached hydrogen (secondary N) is 2. The van der Waals surface area contributed by atoms with Gasteiger partial charge in [0.25, 0.3) is 0 Å². The van der Waals surface area contributed by atoms with Crippen LogP contribution in [0.15, 0.2) is 0 Å². The van der Waals surface area contributed by atoms with E-state index in [1.165, 1.54) is 0 Å². The summed E-state index contributed by atoms with van der Waals surface area (Å²) in [6.45, 7) is 7.04. The van der Waals surface area contributed by atoms with Crippen LogP contribution < -0.4 is 10.6 Å². The van der Waals surface area contributed by atoms with Crippen molar-refractivity contribution in [3.63, 3.8) is 0 Å². The van der Waals surface area contributed by atoms with Gasteiger partial charge in [0.15, 0.2) is 0 Å². The predicted octanol–water partition coefficient (Wildman–Crippen LogP) is 1.04. The number of carbonyl (C=O) groups is 1. The molecule has 4 nitrogen and oxygen atoms in total. The number of hydrogen-bond donors (Lipinski definition) is 3. The van der Waals surface area contributed by atoms with Gasteiger partial charge in [-0.15, -0.1) is 0 Å². The first-order chi connectivity index (χ1) is 8.05. The van der Waals surface area contributed by atoms with E-state index in [0.29, 0.717) is 0 Å². The van der Waals surface area contributed by atoms with Crippen molar-refractivity contribution in [2.24, 2.45) is 5.92 Å². The quantitative estimate of drug-likeness (QED) is 0.652. The molecule has 0 spiro atoms. The van der Waals surface area contributed by atoms with E-state index < -0.39 is 5.54 Å². The Morgan fingerprint density at radius 1 is 1.53 bits per heavy atom. The van der Waals surface area contributed by atoms with Gasteiger partial charge in [-0.05, 0) is 31.7 Å². The van der Waals surface area contributed by atoms with Gasteiger partial charge in [-0.25, -0.2) is 0 Å². The van der Waals surface area contributed by atoms with Crippen molar-refractivity contribution in [3.05, 3.63) is 0 Å². The summed E-state index contributed by atoms with van der Waals surface area (Å²) in [7, 11) is 0. The third-order valence-electron chi connectivity index (χ3n) is 3.67. The van der Waals surface area contributed by atoms with Gasteiger partial charge in [0, 0.05) is 0 Å². The third-order valence-corrected chi connectivity index (χ3v) is 3.67. The smallest absolute Gasteiger partial charge is 0.240 e. The summed E-state index contributed by atoms with van der Waals surface area (Å²) in [5, 5.41) is 15.6. The van der Waals surface area contributed by atoms with Gasteiger partial charge in [-0.1, -0.05) is 27.2 Å². The fraction of sp³-hybridized carbons (Fsp3) is 0.923. The van der Waals surface area contributed by atoms with Crippen LogP contribution in [-0.4, -0.2) is 35.7 Å². The monoisotopic (exact) mass is 242 g/mol. The number of aliphatic hydroxyl groups is 1. The highest BCUT2D eigenvalue weighted by molar-refractivity contribution is 5.87. The van der Waals surface area contributed by atoms with Crippen LogP contribution in [-0.2, 0) is 4.79 Å². The van der Waals surface area contributed by atoms with Crippen LogP contribution in [0.1, 0.15) is 46.5 Å². The van der Waals surface area contributed by atoms with Crippen LogP contribution in [0, 0.1) is 5.92 Å². The van der Waals surface area contributed by atoms with E-state index in [2.05, 4.69) is 17.6 Å². The zero-order valence-corrected chi connectivity index (χ0v) is 11.3. The summed E-state index contributed by atoms with van der Waals surface area (Å²) in [6.07, 6.45) is 3.82. The van der Waals surface area contributed by atoms with Crippen molar-refractivity contribution < 1.29 is 9.90 Å². The Morgan fingerprint density at radius 2 is 2.24 bits per heavy atom. The molecule has 1 unspecified atom stereocenters. The average molecular weight is 242 g/mol. The number of rotatable bonds is 6. The molecular weight excluding hydrogens is 216 g/mol. The lowest BCUT2D eigenvalue weighted by atomic mass is 9.90. The van der Waals surface area contributed by atoms with Gasteiger partial charge < -0.3 is 15.7 Å². The topological polar surface area (TPSA) is 61.4 Å². The zero-order valence-electron chi connectivity index (χ0n) is 11.3. The van der Waals surface area contributed by atoms with Gasteiger partial charge in [-0.2, -0.15) is 0 Å². The first kappa shape index (κ1) is 14.5. The Morgan fingerprint density at radius 3 is 2.65 bits per heavy atom. The van der Waals surface area contributed by atoms with Crippen molar-refractivity contribution >= 4 is 5.91 Å². The second-order valence-corrected chi connectivity index (χ2v) is 5.37. The molecule has 2 atom stereocenters. The first-order valence-corrected chi connectivity index (χ1v) is 6.72. The third kappa shape index (κ3) is 3.42. The Hall–Kier alpha value is -0.610. The Balaban J connectivity index is 2.65. The highest BCUT2D eigenvalue weighted by Gasteiger charge is 2.40. The molecule has 0 saturated carbocycles. The maximum atomic E-state index is 12.3. The molecule has 3 N–H and O–H groups in total. The number of amides is 1. The summed E-state index contributed by atoms with van der Waals surface area (Å²) in [5.74, 6) is 0.314. The van der Waals surface area contributed by atoms with Crippen LogP contribution in [0.4, 0.5) is 0 Å². The molecule has 1 rings (SSSR count). The standard InChI is InChI=1S/C13H26N2O2/c1-4-6-13(7-5-8-14-13)12(17)15-11(9-16)10(2)3/h10-11,14,16H,4-9H2,1-3H3,(H,15,17)/t11-,13?/m1/s1. The fourth-order valence-corrected chi connectivity index (χ4v) is 2.48.